The highest BCUT2D eigenvalue weighted by Gasteiger charge is 2.19. The molecule has 0 saturated carbocycles. The molecule has 2 aromatic carbocycles. The van der Waals surface area contributed by atoms with Crippen LogP contribution in [0.25, 0.3) is 0 Å². The largest absolute Gasteiger partial charge is 0.454 e. The molecule has 144 valence electrons. The summed E-state index contributed by atoms with van der Waals surface area (Å²) < 4.78 is 11.3. The van der Waals surface area contributed by atoms with Crippen molar-refractivity contribution in [2.45, 2.75) is 23.4 Å². The molecule has 28 heavy (non-hydrogen) atoms. The van der Waals surface area contributed by atoms with E-state index in [4.69, 9.17) is 9.47 Å². The number of carbonyl (C=O) groups is 1. The van der Waals surface area contributed by atoms with E-state index in [0.717, 1.165) is 15.6 Å². The highest BCUT2D eigenvalue weighted by Crippen LogP contribution is 2.35. The molecule has 1 unspecified atom stereocenters. The Balaban J connectivity index is 1.35. The van der Waals surface area contributed by atoms with Crippen molar-refractivity contribution in [3.05, 3.63) is 48.0 Å². The van der Waals surface area contributed by atoms with Crippen molar-refractivity contribution in [3.63, 3.8) is 0 Å². The minimum Gasteiger partial charge on any atom is -0.454 e. The number of thioether (sulfide) groups is 1. The Morgan fingerprint density at radius 1 is 1.14 bits per heavy atom. The number of hydrogen-bond donors (Lipinski definition) is 2. The van der Waals surface area contributed by atoms with Gasteiger partial charge in [-0.15, -0.1) is 10.2 Å². The van der Waals surface area contributed by atoms with Crippen molar-refractivity contribution in [2.24, 2.45) is 0 Å². The fraction of sp³-hybridized carbons (Fsp3) is 0.211. The molecule has 0 radical (unpaired) electrons. The van der Waals surface area contributed by atoms with E-state index in [0.29, 0.717) is 22.3 Å². The first-order valence-corrected chi connectivity index (χ1v) is 10.3. The zero-order valence-corrected chi connectivity index (χ0v) is 16.9. The monoisotopic (exact) mass is 414 g/mol. The summed E-state index contributed by atoms with van der Waals surface area (Å²) in [5, 5.41) is 14.8. The average Bonchev–Trinajstić information content (AvgIpc) is 3.30. The highest BCUT2D eigenvalue weighted by molar-refractivity contribution is 8.02. The Hall–Kier alpha value is -2.78. The summed E-state index contributed by atoms with van der Waals surface area (Å²) in [4.78, 5) is 12.5. The SMILES string of the molecule is Cc1cccc(Nc2nnc(SC(C)C(=O)Nc3ccc4c(c3)OCO4)s2)c1. The number of ether oxygens (including phenoxy) is 2. The van der Waals surface area contributed by atoms with Crippen molar-refractivity contribution >= 4 is 45.5 Å². The summed E-state index contributed by atoms with van der Waals surface area (Å²) in [6.07, 6.45) is 0. The number of aromatic nitrogens is 2. The molecule has 0 bridgehead atoms. The molecule has 1 aliphatic rings. The normalized spacial score (nSPS) is 13.2. The van der Waals surface area contributed by atoms with Crippen LogP contribution in [0, 0.1) is 6.92 Å². The first-order chi connectivity index (χ1) is 13.6. The lowest BCUT2D eigenvalue weighted by molar-refractivity contribution is -0.115. The summed E-state index contributed by atoms with van der Waals surface area (Å²) in [5.41, 5.74) is 2.79. The van der Waals surface area contributed by atoms with E-state index in [1.54, 1.807) is 18.2 Å². The van der Waals surface area contributed by atoms with Gasteiger partial charge in [0.05, 0.1) is 5.25 Å². The van der Waals surface area contributed by atoms with Gasteiger partial charge in [-0.3, -0.25) is 4.79 Å². The quantitative estimate of drug-likeness (QED) is 0.577. The lowest BCUT2D eigenvalue weighted by atomic mass is 10.2. The molecule has 1 amide bonds. The minimum absolute atomic E-state index is 0.118. The second kappa shape index (κ2) is 8.07. The lowest BCUT2D eigenvalue weighted by Gasteiger charge is -2.10. The molecule has 1 aromatic heterocycles. The molecule has 2 N–H and O–H groups in total. The van der Waals surface area contributed by atoms with Crippen LogP contribution in [0.15, 0.2) is 46.8 Å². The number of benzene rings is 2. The van der Waals surface area contributed by atoms with E-state index in [-0.39, 0.29) is 18.0 Å². The van der Waals surface area contributed by atoms with E-state index in [9.17, 15) is 4.79 Å². The zero-order chi connectivity index (χ0) is 19.5. The molecule has 7 nitrogen and oxygen atoms in total. The first kappa shape index (κ1) is 18.6. The van der Waals surface area contributed by atoms with Crippen molar-refractivity contribution in [2.75, 3.05) is 17.4 Å². The van der Waals surface area contributed by atoms with Crippen LogP contribution < -0.4 is 20.1 Å². The number of hydrogen-bond acceptors (Lipinski definition) is 8. The molecular formula is C19H18N4O3S2. The van der Waals surface area contributed by atoms with Crippen LogP contribution >= 0.6 is 23.1 Å². The van der Waals surface area contributed by atoms with Gasteiger partial charge in [0.1, 0.15) is 0 Å². The Labute approximate surface area is 170 Å². The predicted molar refractivity (Wildman–Crippen MR) is 111 cm³/mol. The molecule has 0 spiro atoms. The van der Waals surface area contributed by atoms with E-state index in [1.807, 2.05) is 38.1 Å². The minimum atomic E-state index is -0.329. The summed E-state index contributed by atoms with van der Waals surface area (Å²) >= 11 is 2.78. The average molecular weight is 415 g/mol. The highest BCUT2D eigenvalue weighted by atomic mass is 32.2. The van der Waals surface area contributed by atoms with Gasteiger partial charge >= 0.3 is 0 Å². The van der Waals surface area contributed by atoms with Crippen LogP contribution in [0.5, 0.6) is 11.5 Å². The number of aryl methyl sites for hydroxylation is 1. The second-order valence-electron chi connectivity index (χ2n) is 6.18. The molecule has 9 heteroatoms. The van der Waals surface area contributed by atoms with Gasteiger partial charge in [-0.25, -0.2) is 0 Å². The van der Waals surface area contributed by atoms with Gasteiger partial charge in [0.15, 0.2) is 15.8 Å². The molecule has 0 saturated heterocycles. The molecule has 2 heterocycles. The molecular weight excluding hydrogens is 396 g/mol. The van der Waals surface area contributed by atoms with Crippen molar-refractivity contribution < 1.29 is 14.3 Å². The van der Waals surface area contributed by atoms with Gasteiger partial charge in [0.25, 0.3) is 0 Å². The number of fused-ring (bicyclic) bond motifs is 1. The Morgan fingerprint density at radius 3 is 2.86 bits per heavy atom. The van der Waals surface area contributed by atoms with Gasteiger partial charge in [0, 0.05) is 17.4 Å². The predicted octanol–water partition coefficient (Wildman–Crippen LogP) is 4.44. The first-order valence-electron chi connectivity index (χ1n) is 8.61. The van der Waals surface area contributed by atoms with Gasteiger partial charge < -0.3 is 20.1 Å². The summed E-state index contributed by atoms with van der Waals surface area (Å²) in [6.45, 7) is 4.07. The standard InChI is InChI=1S/C19H18N4O3S2/c1-11-4-3-5-13(8-11)21-18-22-23-19(28-18)27-12(2)17(24)20-14-6-7-15-16(9-14)26-10-25-15/h3-9,12H,10H2,1-2H3,(H,20,24)(H,21,22). The molecule has 3 aromatic rings. The third-order valence-electron chi connectivity index (χ3n) is 3.96. The fourth-order valence-corrected chi connectivity index (χ4v) is 4.49. The van der Waals surface area contributed by atoms with Crippen LogP contribution in [0.3, 0.4) is 0 Å². The van der Waals surface area contributed by atoms with Crippen LogP contribution in [-0.4, -0.2) is 28.1 Å². The molecule has 0 fully saturated rings. The summed E-state index contributed by atoms with van der Waals surface area (Å²) in [5.74, 6) is 1.20. The van der Waals surface area contributed by atoms with Gasteiger partial charge in [-0.05, 0) is 43.7 Å². The number of carbonyl (C=O) groups excluding carboxylic acids is 1. The zero-order valence-electron chi connectivity index (χ0n) is 15.3. The Bertz CT molecular complexity index is 1010. The van der Waals surface area contributed by atoms with Gasteiger partial charge in [-0.1, -0.05) is 35.2 Å². The number of nitrogens with zero attached hydrogens (tertiary/aromatic N) is 2. The maximum Gasteiger partial charge on any atom is 0.237 e. The maximum atomic E-state index is 12.5. The van der Waals surface area contributed by atoms with E-state index < -0.39 is 0 Å². The fourth-order valence-electron chi connectivity index (χ4n) is 2.58. The third-order valence-corrected chi connectivity index (χ3v) is 5.99. The molecule has 1 atom stereocenters. The second-order valence-corrected chi connectivity index (χ2v) is 8.75. The van der Waals surface area contributed by atoms with E-state index >= 15 is 0 Å². The van der Waals surface area contributed by atoms with Gasteiger partial charge in [0.2, 0.25) is 17.8 Å². The summed E-state index contributed by atoms with van der Waals surface area (Å²) in [6, 6.07) is 13.4. The number of rotatable bonds is 6. The van der Waals surface area contributed by atoms with Gasteiger partial charge in [-0.2, -0.15) is 0 Å². The van der Waals surface area contributed by atoms with Crippen LogP contribution in [0.4, 0.5) is 16.5 Å². The van der Waals surface area contributed by atoms with Crippen molar-refractivity contribution in [1.82, 2.24) is 10.2 Å². The number of nitrogens with one attached hydrogen (secondary N) is 2. The lowest BCUT2D eigenvalue weighted by Crippen LogP contribution is -2.22. The Kier molecular flexibility index (Phi) is 5.36. The number of anilines is 3. The summed E-state index contributed by atoms with van der Waals surface area (Å²) in [7, 11) is 0. The number of amides is 1. The maximum absolute atomic E-state index is 12.5. The molecule has 1 aliphatic heterocycles. The van der Waals surface area contributed by atoms with Crippen LogP contribution in [-0.2, 0) is 4.79 Å². The van der Waals surface area contributed by atoms with Crippen molar-refractivity contribution in [3.8, 4) is 11.5 Å². The van der Waals surface area contributed by atoms with Crippen LogP contribution in [0.1, 0.15) is 12.5 Å². The van der Waals surface area contributed by atoms with E-state index in [2.05, 4.69) is 20.8 Å². The molecule has 4 rings (SSSR count). The van der Waals surface area contributed by atoms with Crippen LogP contribution in [0.2, 0.25) is 0 Å². The molecule has 0 aliphatic carbocycles. The topological polar surface area (TPSA) is 85.4 Å². The smallest absolute Gasteiger partial charge is 0.237 e. The third kappa shape index (κ3) is 4.37. The van der Waals surface area contributed by atoms with E-state index in [1.165, 1.54) is 23.1 Å². The Morgan fingerprint density at radius 2 is 2.00 bits per heavy atom. The van der Waals surface area contributed by atoms with Crippen molar-refractivity contribution in [1.29, 1.82) is 0 Å².